The van der Waals surface area contributed by atoms with Crippen LogP contribution in [0.3, 0.4) is 0 Å². The molecule has 0 spiro atoms. The Morgan fingerprint density at radius 3 is 2.37 bits per heavy atom. The minimum Gasteiger partial charge on any atom is -0.389 e. The van der Waals surface area contributed by atoms with E-state index in [1.807, 2.05) is 30.3 Å². The van der Waals surface area contributed by atoms with E-state index >= 15 is 0 Å². The normalized spacial score (nSPS) is 16.8. The summed E-state index contributed by atoms with van der Waals surface area (Å²) in [6, 6.07) is 13.7. The van der Waals surface area contributed by atoms with Gasteiger partial charge in [-0.3, -0.25) is 0 Å². The Morgan fingerprint density at radius 2 is 1.74 bits per heavy atom. The molecule has 144 valence electrons. The number of piperidine rings is 1. The summed E-state index contributed by atoms with van der Waals surface area (Å²) in [4.78, 5) is 13.9. The Kier molecular flexibility index (Phi) is 5.41. The number of alkyl halides is 3. The summed E-state index contributed by atoms with van der Waals surface area (Å²) in [6.07, 6.45) is -3.12. The summed E-state index contributed by atoms with van der Waals surface area (Å²) in [5.74, 6) is 0. The number of carbonyl (C=O) groups excluding carboxylic acids is 1. The van der Waals surface area contributed by atoms with Gasteiger partial charge in [-0.2, -0.15) is 13.2 Å². The molecule has 0 atom stereocenters. The number of benzene rings is 2. The Bertz CT molecular complexity index is 785. The Hall–Kier alpha value is -2.54. The fraction of sp³-hybridized carbons (Fsp3) is 0.350. The molecule has 0 saturated carbocycles. The van der Waals surface area contributed by atoms with E-state index in [0.717, 1.165) is 17.7 Å². The lowest BCUT2D eigenvalue weighted by Gasteiger charge is -2.38. The molecule has 2 N–H and O–H groups in total. The maximum atomic E-state index is 12.8. The van der Waals surface area contributed by atoms with E-state index in [9.17, 15) is 23.1 Å². The van der Waals surface area contributed by atoms with Crippen LogP contribution in [0.4, 0.5) is 23.7 Å². The van der Waals surface area contributed by atoms with Crippen molar-refractivity contribution >= 4 is 11.7 Å². The number of urea groups is 1. The average molecular weight is 378 g/mol. The standard InChI is InChI=1S/C20H21F3N2O2/c21-20(22,23)16-7-4-8-17(13-16)24-18(26)25-11-9-19(27,10-12-25)14-15-5-2-1-3-6-15/h1-8,13,27H,9-12,14H2,(H,24,26). The van der Waals surface area contributed by atoms with Crippen molar-refractivity contribution in [1.82, 2.24) is 4.90 Å². The molecule has 0 radical (unpaired) electrons. The maximum Gasteiger partial charge on any atom is 0.416 e. The number of hydrogen-bond acceptors (Lipinski definition) is 2. The second kappa shape index (κ2) is 7.60. The summed E-state index contributed by atoms with van der Waals surface area (Å²) in [6.45, 7) is 0.683. The first kappa shape index (κ1) is 19.2. The molecule has 0 bridgehead atoms. The molecule has 27 heavy (non-hydrogen) atoms. The number of amides is 2. The number of anilines is 1. The number of nitrogens with zero attached hydrogens (tertiary/aromatic N) is 1. The summed E-state index contributed by atoms with van der Waals surface area (Å²) in [5.41, 5.74) is -0.563. The topological polar surface area (TPSA) is 52.6 Å². The average Bonchev–Trinajstić information content (AvgIpc) is 2.62. The van der Waals surface area contributed by atoms with Crippen molar-refractivity contribution in [2.45, 2.75) is 31.0 Å². The highest BCUT2D eigenvalue weighted by Crippen LogP contribution is 2.31. The van der Waals surface area contributed by atoms with Crippen LogP contribution in [0.1, 0.15) is 24.0 Å². The predicted octanol–water partition coefficient (Wildman–Crippen LogP) is 4.31. The molecule has 1 saturated heterocycles. The molecule has 0 aromatic heterocycles. The van der Waals surface area contributed by atoms with Gasteiger partial charge in [-0.05, 0) is 36.6 Å². The van der Waals surface area contributed by atoms with E-state index in [1.165, 1.54) is 17.0 Å². The van der Waals surface area contributed by atoms with E-state index in [1.54, 1.807) is 0 Å². The maximum absolute atomic E-state index is 12.8. The lowest BCUT2D eigenvalue weighted by Crippen LogP contribution is -2.49. The van der Waals surface area contributed by atoms with Crippen molar-refractivity contribution in [3.05, 3.63) is 65.7 Å². The molecule has 0 unspecified atom stereocenters. The van der Waals surface area contributed by atoms with Crippen LogP contribution in [0.15, 0.2) is 54.6 Å². The highest BCUT2D eigenvalue weighted by molar-refractivity contribution is 5.89. The van der Waals surface area contributed by atoms with Gasteiger partial charge in [0, 0.05) is 25.2 Å². The molecular formula is C20H21F3N2O2. The summed E-state index contributed by atoms with van der Waals surface area (Å²) >= 11 is 0. The number of aliphatic hydroxyl groups is 1. The zero-order chi connectivity index (χ0) is 19.5. The zero-order valence-corrected chi connectivity index (χ0v) is 14.7. The molecule has 2 amide bonds. The van der Waals surface area contributed by atoms with Gasteiger partial charge in [0.15, 0.2) is 0 Å². The van der Waals surface area contributed by atoms with E-state index in [-0.39, 0.29) is 5.69 Å². The van der Waals surface area contributed by atoms with Gasteiger partial charge in [-0.25, -0.2) is 4.79 Å². The first-order valence-corrected chi connectivity index (χ1v) is 8.75. The fourth-order valence-corrected chi connectivity index (χ4v) is 3.25. The highest BCUT2D eigenvalue weighted by Gasteiger charge is 2.34. The van der Waals surface area contributed by atoms with Crippen molar-refractivity contribution in [1.29, 1.82) is 0 Å². The Labute approximate surface area is 155 Å². The van der Waals surface area contributed by atoms with Crippen molar-refractivity contribution < 1.29 is 23.1 Å². The van der Waals surface area contributed by atoms with Crippen molar-refractivity contribution in [3.63, 3.8) is 0 Å². The van der Waals surface area contributed by atoms with Gasteiger partial charge >= 0.3 is 12.2 Å². The van der Waals surface area contributed by atoms with Crippen LogP contribution >= 0.6 is 0 Å². The number of nitrogens with one attached hydrogen (secondary N) is 1. The van der Waals surface area contributed by atoms with Gasteiger partial charge in [0.25, 0.3) is 0 Å². The van der Waals surface area contributed by atoms with Gasteiger partial charge in [-0.15, -0.1) is 0 Å². The molecule has 1 aliphatic rings. The van der Waals surface area contributed by atoms with Crippen molar-refractivity contribution in [2.75, 3.05) is 18.4 Å². The van der Waals surface area contributed by atoms with E-state index in [2.05, 4.69) is 5.32 Å². The molecule has 3 rings (SSSR count). The van der Waals surface area contributed by atoms with E-state index in [4.69, 9.17) is 0 Å². The van der Waals surface area contributed by atoms with Crippen molar-refractivity contribution in [2.24, 2.45) is 0 Å². The Morgan fingerprint density at radius 1 is 1.07 bits per heavy atom. The summed E-state index contributed by atoms with van der Waals surface area (Å²) < 4.78 is 38.3. The lowest BCUT2D eigenvalue weighted by atomic mass is 9.85. The van der Waals surface area contributed by atoms with E-state index in [0.29, 0.717) is 32.4 Å². The van der Waals surface area contributed by atoms with Crippen LogP contribution in [-0.4, -0.2) is 34.7 Å². The molecule has 1 heterocycles. The van der Waals surface area contributed by atoms with Crippen LogP contribution in [0.5, 0.6) is 0 Å². The summed E-state index contributed by atoms with van der Waals surface area (Å²) in [7, 11) is 0. The predicted molar refractivity (Wildman–Crippen MR) is 96.4 cm³/mol. The molecule has 0 aliphatic carbocycles. The smallest absolute Gasteiger partial charge is 0.389 e. The number of hydrogen-bond donors (Lipinski definition) is 2. The van der Waals surface area contributed by atoms with Gasteiger partial charge in [0.05, 0.1) is 11.2 Å². The lowest BCUT2D eigenvalue weighted by molar-refractivity contribution is -0.137. The molecular weight excluding hydrogens is 357 g/mol. The molecule has 7 heteroatoms. The third-order valence-corrected chi connectivity index (χ3v) is 4.80. The molecule has 2 aromatic carbocycles. The van der Waals surface area contributed by atoms with Gasteiger partial charge < -0.3 is 15.3 Å². The number of rotatable bonds is 3. The van der Waals surface area contributed by atoms with Crippen LogP contribution in [0.25, 0.3) is 0 Å². The number of halogens is 3. The second-order valence-electron chi connectivity index (χ2n) is 6.88. The monoisotopic (exact) mass is 378 g/mol. The van der Waals surface area contributed by atoms with Crippen LogP contribution in [0, 0.1) is 0 Å². The van der Waals surface area contributed by atoms with Crippen LogP contribution in [-0.2, 0) is 12.6 Å². The SMILES string of the molecule is O=C(Nc1cccc(C(F)(F)F)c1)N1CCC(O)(Cc2ccccc2)CC1. The van der Waals surface area contributed by atoms with Crippen molar-refractivity contribution in [3.8, 4) is 0 Å². The molecule has 4 nitrogen and oxygen atoms in total. The minimum atomic E-state index is -4.46. The van der Waals surface area contributed by atoms with Gasteiger partial charge in [0.2, 0.25) is 0 Å². The number of likely N-dealkylation sites (tertiary alicyclic amines) is 1. The van der Waals surface area contributed by atoms with E-state index < -0.39 is 23.4 Å². The van der Waals surface area contributed by atoms with Crippen LogP contribution < -0.4 is 5.32 Å². The molecule has 1 fully saturated rings. The van der Waals surface area contributed by atoms with Gasteiger partial charge in [-0.1, -0.05) is 36.4 Å². The first-order chi connectivity index (χ1) is 12.8. The number of carbonyl (C=O) groups is 1. The molecule has 1 aliphatic heterocycles. The third kappa shape index (κ3) is 5.01. The fourth-order valence-electron chi connectivity index (χ4n) is 3.25. The quantitative estimate of drug-likeness (QED) is 0.836. The molecule has 2 aromatic rings. The second-order valence-corrected chi connectivity index (χ2v) is 6.88. The van der Waals surface area contributed by atoms with Crippen LogP contribution in [0.2, 0.25) is 0 Å². The highest BCUT2D eigenvalue weighted by atomic mass is 19.4. The largest absolute Gasteiger partial charge is 0.416 e. The first-order valence-electron chi connectivity index (χ1n) is 8.75. The zero-order valence-electron chi connectivity index (χ0n) is 14.7. The van der Waals surface area contributed by atoms with Gasteiger partial charge in [0.1, 0.15) is 0 Å². The summed E-state index contributed by atoms with van der Waals surface area (Å²) in [5, 5.41) is 13.3. The third-order valence-electron chi connectivity index (χ3n) is 4.80. The minimum absolute atomic E-state index is 0.0972. The Balaban J connectivity index is 1.57.